The van der Waals surface area contributed by atoms with Gasteiger partial charge in [-0.25, -0.2) is 0 Å². The van der Waals surface area contributed by atoms with E-state index in [1.54, 1.807) is 17.9 Å². The minimum absolute atomic E-state index is 0.0520. The molecule has 154 valence electrons. The number of hydrogen-bond donors (Lipinski definition) is 1. The number of nitrogens with one attached hydrogen (secondary N) is 1. The standard InChI is InChI=1S/C23H28N2O4/c1-4-6-13-25-20-15-18(9-12-21(20)29-16(3)23(25)27)24-22(26)14-17-7-10-19(11-8-17)28-5-2/h7-12,15-16H,4-6,13-14H2,1-3H3,(H,24,26). The third kappa shape index (κ3) is 5.08. The van der Waals surface area contributed by atoms with Gasteiger partial charge in [-0.3, -0.25) is 9.59 Å². The molecule has 0 radical (unpaired) electrons. The van der Waals surface area contributed by atoms with E-state index in [-0.39, 0.29) is 18.2 Å². The maximum absolute atomic E-state index is 12.5. The minimum atomic E-state index is -0.501. The highest BCUT2D eigenvalue weighted by atomic mass is 16.5. The summed E-state index contributed by atoms with van der Waals surface area (Å²) in [5.41, 5.74) is 2.26. The average molecular weight is 396 g/mol. The molecule has 29 heavy (non-hydrogen) atoms. The summed E-state index contributed by atoms with van der Waals surface area (Å²) < 4.78 is 11.1. The lowest BCUT2D eigenvalue weighted by atomic mass is 10.1. The predicted molar refractivity (Wildman–Crippen MR) is 114 cm³/mol. The van der Waals surface area contributed by atoms with E-state index in [2.05, 4.69) is 12.2 Å². The lowest BCUT2D eigenvalue weighted by molar-refractivity contribution is -0.125. The third-order valence-corrected chi connectivity index (χ3v) is 4.79. The van der Waals surface area contributed by atoms with E-state index >= 15 is 0 Å². The number of rotatable bonds is 8. The summed E-state index contributed by atoms with van der Waals surface area (Å²) in [4.78, 5) is 26.8. The molecule has 1 unspecified atom stereocenters. The molecule has 1 N–H and O–H groups in total. The van der Waals surface area contributed by atoms with Gasteiger partial charge >= 0.3 is 0 Å². The second kappa shape index (κ2) is 9.45. The van der Waals surface area contributed by atoms with Gasteiger partial charge in [-0.1, -0.05) is 25.5 Å². The highest BCUT2D eigenvalue weighted by Crippen LogP contribution is 2.36. The van der Waals surface area contributed by atoms with Gasteiger partial charge in [-0.05, 0) is 56.2 Å². The van der Waals surface area contributed by atoms with Crippen LogP contribution in [-0.2, 0) is 16.0 Å². The Bertz CT molecular complexity index is 864. The molecule has 3 rings (SSSR count). The van der Waals surface area contributed by atoms with Gasteiger partial charge in [-0.2, -0.15) is 0 Å². The number of nitrogens with zero attached hydrogens (tertiary/aromatic N) is 1. The molecule has 2 aromatic rings. The first-order valence-corrected chi connectivity index (χ1v) is 10.2. The predicted octanol–water partition coefficient (Wildman–Crippen LogP) is 4.18. The second-order valence-corrected chi connectivity index (χ2v) is 7.09. The molecule has 1 atom stereocenters. The lowest BCUT2D eigenvalue weighted by Crippen LogP contribution is -2.44. The van der Waals surface area contributed by atoms with Crippen LogP contribution in [0, 0.1) is 0 Å². The summed E-state index contributed by atoms with van der Waals surface area (Å²) in [5.74, 6) is 1.28. The number of carbonyl (C=O) groups excluding carboxylic acids is 2. The van der Waals surface area contributed by atoms with Gasteiger partial charge < -0.3 is 19.7 Å². The molecular formula is C23H28N2O4. The Hall–Kier alpha value is -3.02. The first-order chi connectivity index (χ1) is 14.0. The van der Waals surface area contributed by atoms with Gasteiger partial charge in [0.15, 0.2) is 6.10 Å². The summed E-state index contributed by atoms with van der Waals surface area (Å²) in [6.07, 6.45) is 1.66. The van der Waals surface area contributed by atoms with Crippen LogP contribution in [-0.4, -0.2) is 31.1 Å². The minimum Gasteiger partial charge on any atom is -0.494 e. The van der Waals surface area contributed by atoms with Crippen LogP contribution in [0.25, 0.3) is 0 Å². The number of carbonyl (C=O) groups is 2. The molecule has 0 saturated heterocycles. The Morgan fingerprint density at radius 3 is 2.62 bits per heavy atom. The molecule has 0 aromatic heterocycles. The highest BCUT2D eigenvalue weighted by molar-refractivity contribution is 6.01. The molecule has 2 amide bonds. The van der Waals surface area contributed by atoms with Gasteiger partial charge in [0.05, 0.1) is 18.7 Å². The summed E-state index contributed by atoms with van der Waals surface area (Å²) in [5, 5.41) is 2.92. The normalized spacial score (nSPS) is 15.5. The van der Waals surface area contributed by atoms with E-state index in [4.69, 9.17) is 9.47 Å². The van der Waals surface area contributed by atoms with Crippen LogP contribution in [0.15, 0.2) is 42.5 Å². The van der Waals surface area contributed by atoms with Crippen LogP contribution >= 0.6 is 0 Å². The van der Waals surface area contributed by atoms with Gasteiger partial charge in [0.1, 0.15) is 11.5 Å². The second-order valence-electron chi connectivity index (χ2n) is 7.09. The van der Waals surface area contributed by atoms with E-state index < -0.39 is 6.10 Å². The number of hydrogen-bond acceptors (Lipinski definition) is 4. The summed E-state index contributed by atoms with van der Waals surface area (Å²) in [7, 11) is 0. The molecule has 2 aromatic carbocycles. The molecule has 1 aliphatic rings. The summed E-state index contributed by atoms with van der Waals surface area (Å²) in [6.45, 7) is 7.03. The molecule has 6 heteroatoms. The quantitative estimate of drug-likeness (QED) is 0.727. The molecule has 1 aliphatic heterocycles. The molecule has 0 saturated carbocycles. The van der Waals surface area contributed by atoms with Crippen molar-refractivity contribution in [3.63, 3.8) is 0 Å². The Balaban J connectivity index is 1.70. The van der Waals surface area contributed by atoms with Crippen LogP contribution in [0.4, 0.5) is 11.4 Å². The zero-order valence-electron chi connectivity index (χ0n) is 17.2. The van der Waals surface area contributed by atoms with Crippen LogP contribution in [0.5, 0.6) is 11.5 Å². The molecule has 6 nitrogen and oxygen atoms in total. The van der Waals surface area contributed by atoms with E-state index in [9.17, 15) is 9.59 Å². The highest BCUT2D eigenvalue weighted by Gasteiger charge is 2.31. The van der Waals surface area contributed by atoms with Gasteiger partial charge in [-0.15, -0.1) is 0 Å². The van der Waals surface area contributed by atoms with Crippen molar-refractivity contribution < 1.29 is 19.1 Å². The van der Waals surface area contributed by atoms with Crippen LogP contribution in [0.1, 0.15) is 39.2 Å². The van der Waals surface area contributed by atoms with Gasteiger partial charge in [0, 0.05) is 12.2 Å². The fourth-order valence-corrected chi connectivity index (χ4v) is 3.29. The fourth-order valence-electron chi connectivity index (χ4n) is 3.29. The monoisotopic (exact) mass is 396 g/mol. The van der Waals surface area contributed by atoms with Crippen molar-refractivity contribution in [3.05, 3.63) is 48.0 Å². The molecular weight excluding hydrogens is 368 g/mol. The number of anilines is 2. The third-order valence-electron chi connectivity index (χ3n) is 4.79. The number of unbranched alkanes of at least 4 members (excludes halogenated alkanes) is 1. The Morgan fingerprint density at radius 1 is 1.17 bits per heavy atom. The number of benzene rings is 2. The molecule has 1 heterocycles. The molecule has 0 aliphatic carbocycles. The van der Waals surface area contributed by atoms with Crippen molar-refractivity contribution >= 4 is 23.2 Å². The van der Waals surface area contributed by atoms with Crippen molar-refractivity contribution in [2.45, 2.75) is 46.1 Å². The summed E-state index contributed by atoms with van der Waals surface area (Å²) >= 11 is 0. The topological polar surface area (TPSA) is 67.9 Å². The molecule has 0 spiro atoms. The van der Waals surface area contributed by atoms with Crippen molar-refractivity contribution in [3.8, 4) is 11.5 Å². The van der Waals surface area contributed by atoms with Crippen molar-refractivity contribution in [2.75, 3.05) is 23.4 Å². The van der Waals surface area contributed by atoms with Crippen molar-refractivity contribution in [2.24, 2.45) is 0 Å². The summed E-state index contributed by atoms with van der Waals surface area (Å²) in [6, 6.07) is 12.9. The number of amides is 2. The van der Waals surface area contributed by atoms with Crippen LogP contribution in [0.2, 0.25) is 0 Å². The van der Waals surface area contributed by atoms with Gasteiger partial charge in [0.25, 0.3) is 5.91 Å². The Labute approximate surface area is 171 Å². The Morgan fingerprint density at radius 2 is 1.93 bits per heavy atom. The number of fused-ring (bicyclic) bond motifs is 1. The maximum atomic E-state index is 12.5. The zero-order valence-corrected chi connectivity index (χ0v) is 17.2. The maximum Gasteiger partial charge on any atom is 0.267 e. The number of ether oxygens (including phenoxy) is 2. The van der Waals surface area contributed by atoms with Crippen molar-refractivity contribution in [1.82, 2.24) is 0 Å². The van der Waals surface area contributed by atoms with Gasteiger partial charge in [0.2, 0.25) is 5.91 Å². The largest absolute Gasteiger partial charge is 0.494 e. The van der Waals surface area contributed by atoms with E-state index in [0.29, 0.717) is 30.3 Å². The fraction of sp³-hybridized carbons (Fsp3) is 0.391. The molecule has 0 fully saturated rings. The lowest BCUT2D eigenvalue weighted by Gasteiger charge is -2.33. The van der Waals surface area contributed by atoms with E-state index in [1.165, 1.54) is 0 Å². The van der Waals surface area contributed by atoms with E-state index in [1.807, 2.05) is 43.3 Å². The average Bonchev–Trinajstić information content (AvgIpc) is 2.70. The first kappa shape index (κ1) is 20.7. The molecule has 0 bridgehead atoms. The van der Waals surface area contributed by atoms with E-state index in [0.717, 1.165) is 24.2 Å². The van der Waals surface area contributed by atoms with Crippen LogP contribution in [0.3, 0.4) is 0 Å². The smallest absolute Gasteiger partial charge is 0.267 e. The first-order valence-electron chi connectivity index (χ1n) is 10.2. The van der Waals surface area contributed by atoms with Crippen LogP contribution < -0.4 is 19.7 Å². The van der Waals surface area contributed by atoms with Crippen molar-refractivity contribution in [1.29, 1.82) is 0 Å². The zero-order chi connectivity index (χ0) is 20.8. The SMILES string of the molecule is CCCCN1C(=O)C(C)Oc2ccc(NC(=O)Cc3ccc(OCC)cc3)cc21. The Kier molecular flexibility index (Phi) is 6.75.